The number of nitrogens with zero attached hydrogens (tertiary/aromatic N) is 6. The van der Waals surface area contributed by atoms with Crippen molar-refractivity contribution in [1.82, 2.24) is 25.0 Å². The number of pyridine rings is 1. The van der Waals surface area contributed by atoms with Crippen LogP contribution < -0.4 is 15.0 Å². The van der Waals surface area contributed by atoms with Crippen LogP contribution in [0.1, 0.15) is 23.9 Å². The van der Waals surface area contributed by atoms with Crippen LogP contribution >= 0.6 is 24.0 Å². The SMILES string of the molecule is CCNC(=NCc1ccc(-n2nc(C)cc2C)nc1)N1CCN(c2cccc(OC)c2)CC1.I. The van der Waals surface area contributed by atoms with Gasteiger partial charge in [-0.2, -0.15) is 5.10 Å². The standard InChI is InChI=1S/C25H33N7O.HI/c1-5-26-25(31-13-11-30(12-14-31)22-7-6-8-23(16-22)33-4)28-18-21-9-10-24(27-17-21)32-20(3)15-19(2)29-32;/h6-10,15-17H,5,11-14,18H2,1-4H3,(H,26,28);1H. The molecule has 3 aromatic rings. The minimum Gasteiger partial charge on any atom is -0.497 e. The largest absolute Gasteiger partial charge is 0.497 e. The summed E-state index contributed by atoms with van der Waals surface area (Å²) in [4.78, 5) is 14.2. The molecule has 2 aromatic heterocycles. The van der Waals surface area contributed by atoms with Gasteiger partial charge in [-0.05, 0) is 50.6 Å². The molecular formula is C25H34IN7O. The molecule has 1 aromatic carbocycles. The number of aliphatic imine (C=N–C) groups is 1. The van der Waals surface area contributed by atoms with Crippen LogP contribution in [0.25, 0.3) is 5.82 Å². The van der Waals surface area contributed by atoms with Gasteiger partial charge >= 0.3 is 0 Å². The van der Waals surface area contributed by atoms with Crippen molar-refractivity contribution in [3.05, 3.63) is 65.6 Å². The molecule has 1 aliphatic rings. The highest BCUT2D eigenvalue weighted by Crippen LogP contribution is 2.22. The smallest absolute Gasteiger partial charge is 0.194 e. The van der Waals surface area contributed by atoms with Gasteiger partial charge in [0.25, 0.3) is 0 Å². The molecule has 0 spiro atoms. The summed E-state index contributed by atoms with van der Waals surface area (Å²) in [5.74, 6) is 2.67. The molecule has 0 saturated carbocycles. The van der Waals surface area contributed by atoms with Crippen LogP contribution in [0.5, 0.6) is 5.75 Å². The van der Waals surface area contributed by atoms with Crippen LogP contribution in [0.15, 0.2) is 53.7 Å². The maximum absolute atomic E-state index is 5.37. The zero-order valence-electron chi connectivity index (χ0n) is 20.4. The third kappa shape index (κ3) is 6.19. The van der Waals surface area contributed by atoms with E-state index in [4.69, 9.17) is 9.73 Å². The first-order chi connectivity index (χ1) is 16.1. The number of hydrogen-bond donors (Lipinski definition) is 1. The molecular weight excluding hydrogens is 541 g/mol. The van der Waals surface area contributed by atoms with Crippen molar-refractivity contribution < 1.29 is 4.74 Å². The van der Waals surface area contributed by atoms with Crippen molar-refractivity contribution in [3.8, 4) is 11.6 Å². The predicted octanol–water partition coefficient (Wildman–Crippen LogP) is 3.80. The number of halogens is 1. The Morgan fingerprint density at radius 3 is 2.50 bits per heavy atom. The Bertz CT molecular complexity index is 1090. The number of guanidine groups is 1. The van der Waals surface area contributed by atoms with Gasteiger partial charge in [-0.25, -0.2) is 14.7 Å². The van der Waals surface area contributed by atoms with Crippen molar-refractivity contribution in [2.75, 3.05) is 44.7 Å². The molecule has 0 unspecified atom stereocenters. The third-order valence-electron chi connectivity index (χ3n) is 5.78. The summed E-state index contributed by atoms with van der Waals surface area (Å²) in [6, 6.07) is 14.4. The fourth-order valence-electron chi connectivity index (χ4n) is 4.07. The normalized spacial score (nSPS) is 14.1. The molecule has 0 amide bonds. The van der Waals surface area contributed by atoms with Crippen LogP contribution in [0.2, 0.25) is 0 Å². The summed E-state index contributed by atoms with van der Waals surface area (Å²) in [5.41, 5.74) is 4.34. The number of anilines is 1. The zero-order chi connectivity index (χ0) is 23.2. The molecule has 0 aliphatic carbocycles. The highest BCUT2D eigenvalue weighted by Gasteiger charge is 2.20. The summed E-state index contributed by atoms with van der Waals surface area (Å²) in [5, 5.41) is 7.95. The number of hydrogen-bond acceptors (Lipinski definition) is 5. The number of rotatable bonds is 6. The van der Waals surface area contributed by atoms with Crippen LogP contribution in [-0.2, 0) is 6.54 Å². The minimum absolute atomic E-state index is 0. The van der Waals surface area contributed by atoms with Crippen LogP contribution in [0.4, 0.5) is 5.69 Å². The molecule has 182 valence electrons. The lowest BCUT2D eigenvalue weighted by molar-refractivity contribution is 0.372. The first-order valence-electron chi connectivity index (χ1n) is 11.5. The van der Waals surface area contributed by atoms with Crippen LogP contribution in [0.3, 0.4) is 0 Å². The molecule has 0 radical (unpaired) electrons. The van der Waals surface area contributed by atoms with E-state index in [0.29, 0.717) is 6.54 Å². The summed E-state index contributed by atoms with van der Waals surface area (Å²) in [6.45, 7) is 11.3. The number of benzene rings is 1. The summed E-state index contributed by atoms with van der Waals surface area (Å²) >= 11 is 0. The number of methoxy groups -OCH3 is 1. The Labute approximate surface area is 219 Å². The number of aromatic nitrogens is 3. The fourth-order valence-corrected chi connectivity index (χ4v) is 4.07. The van der Waals surface area contributed by atoms with E-state index in [9.17, 15) is 0 Å². The van der Waals surface area contributed by atoms with Crippen molar-refractivity contribution >= 4 is 35.6 Å². The fraction of sp³-hybridized carbons (Fsp3) is 0.400. The van der Waals surface area contributed by atoms with E-state index in [0.717, 1.165) is 67.2 Å². The summed E-state index contributed by atoms with van der Waals surface area (Å²) < 4.78 is 7.24. The van der Waals surface area contributed by atoms with E-state index in [1.165, 1.54) is 5.69 Å². The van der Waals surface area contributed by atoms with Gasteiger partial charge in [0.15, 0.2) is 11.8 Å². The second kappa shape index (κ2) is 12.0. The van der Waals surface area contributed by atoms with Gasteiger partial charge < -0.3 is 19.9 Å². The van der Waals surface area contributed by atoms with E-state index in [2.05, 4.69) is 56.4 Å². The zero-order valence-corrected chi connectivity index (χ0v) is 22.7. The van der Waals surface area contributed by atoms with Crippen LogP contribution in [-0.4, -0.2) is 65.5 Å². The lowest BCUT2D eigenvalue weighted by Gasteiger charge is -2.37. The van der Waals surface area contributed by atoms with Crippen molar-refractivity contribution in [1.29, 1.82) is 0 Å². The topological polar surface area (TPSA) is 70.8 Å². The first kappa shape index (κ1) is 25.8. The van der Waals surface area contributed by atoms with Gasteiger partial charge in [-0.15, -0.1) is 24.0 Å². The Hall–Kier alpha value is -2.82. The molecule has 34 heavy (non-hydrogen) atoms. The van der Waals surface area contributed by atoms with Crippen LogP contribution in [0, 0.1) is 13.8 Å². The number of ether oxygens (including phenoxy) is 1. The summed E-state index contributed by atoms with van der Waals surface area (Å²) in [7, 11) is 1.71. The molecule has 1 N–H and O–H groups in total. The van der Waals surface area contributed by atoms with E-state index in [1.807, 2.05) is 42.9 Å². The van der Waals surface area contributed by atoms with E-state index >= 15 is 0 Å². The maximum atomic E-state index is 5.37. The van der Waals surface area contributed by atoms with Gasteiger partial charge in [-0.3, -0.25) is 0 Å². The molecule has 1 saturated heterocycles. The monoisotopic (exact) mass is 575 g/mol. The highest BCUT2D eigenvalue weighted by atomic mass is 127. The average Bonchev–Trinajstić information content (AvgIpc) is 3.20. The quantitative estimate of drug-likeness (QED) is 0.274. The Balaban J connectivity index is 0.00000324. The average molecular weight is 575 g/mol. The van der Waals surface area contributed by atoms with Gasteiger partial charge in [0.1, 0.15) is 5.75 Å². The van der Waals surface area contributed by atoms with Gasteiger partial charge in [-0.1, -0.05) is 12.1 Å². The Morgan fingerprint density at radius 1 is 1.09 bits per heavy atom. The molecule has 0 bridgehead atoms. The number of piperazine rings is 1. The Morgan fingerprint density at radius 2 is 1.88 bits per heavy atom. The summed E-state index contributed by atoms with van der Waals surface area (Å²) in [6.07, 6.45) is 1.89. The molecule has 1 aliphatic heterocycles. The third-order valence-corrected chi connectivity index (χ3v) is 5.78. The number of aryl methyl sites for hydroxylation is 2. The van der Waals surface area contributed by atoms with Gasteiger partial charge in [0, 0.05) is 56.4 Å². The Kier molecular flexibility index (Phi) is 9.14. The molecule has 9 heteroatoms. The maximum Gasteiger partial charge on any atom is 0.194 e. The van der Waals surface area contributed by atoms with E-state index in [1.54, 1.807) is 7.11 Å². The molecule has 8 nitrogen and oxygen atoms in total. The lowest BCUT2D eigenvalue weighted by Crippen LogP contribution is -2.52. The molecule has 4 rings (SSSR count). The number of nitrogens with one attached hydrogen (secondary N) is 1. The minimum atomic E-state index is 0. The molecule has 0 atom stereocenters. The van der Waals surface area contributed by atoms with Crippen molar-refractivity contribution in [2.24, 2.45) is 4.99 Å². The molecule has 1 fully saturated rings. The van der Waals surface area contributed by atoms with Crippen molar-refractivity contribution in [2.45, 2.75) is 27.3 Å². The van der Waals surface area contributed by atoms with Gasteiger partial charge in [0.2, 0.25) is 0 Å². The molecule has 3 heterocycles. The van der Waals surface area contributed by atoms with E-state index < -0.39 is 0 Å². The first-order valence-corrected chi connectivity index (χ1v) is 11.5. The second-order valence-corrected chi connectivity index (χ2v) is 8.21. The highest BCUT2D eigenvalue weighted by molar-refractivity contribution is 14.0. The van der Waals surface area contributed by atoms with Gasteiger partial charge in [0.05, 0.1) is 19.3 Å². The lowest BCUT2D eigenvalue weighted by atomic mass is 10.2. The predicted molar refractivity (Wildman–Crippen MR) is 148 cm³/mol. The second-order valence-electron chi connectivity index (χ2n) is 8.21. The van der Waals surface area contributed by atoms with Crippen molar-refractivity contribution in [3.63, 3.8) is 0 Å². The van der Waals surface area contributed by atoms with E-state index in [-0.39, 0.29) is 24.0 Å².